The molecule has 0 atom stereocenters. The second-order valence-corrected chi connectivity index (χ2v) is 3.97. The zero-order valence-corrected chi connectivity index (χ0v) is 9.86. The summed E-state index contributed by atoms with van der Waals surface area (Å²) < 4.78 is 0. The largest absolute Gasteiger partial charge is 0.383 e. The van der Waals surface area contributed by atoms with Crippen LogP contribution in [0.15, 0.2) is 36.4 Å². The Kier molecular flexibility index (Phi) is 3.60. The molecule has 2 N–H and O–H groups in total. The van der Waals surface area contributed by atoms with Crippen molar-refractivity contribution in [1.82, 2.24) is 5.32 Å². The minimum absolute atomic E-state index is 0.631. The highest BCUT2D eigenvalue weighted by molar-refractivity contribution is 5.95. The lowest BCUT2D eigenvalue weighted by Gasteiger charge is -2.10. The minimum atomic E-state index is 0.631. The number of anilines is 1. The molecule has 0 bridgehead atoms. The van der Waals surface area contributed by atoms with Gasteiger partial charge >= 0.3 is 0 Å². The van der Waals surface area contributed by atoms with Crippen LogP contribution in [0.4, 0.5) is 5.69 Å². The summed E-state index contributed by atoms with van der Waals surface area (Å²) in [7, 11) is 0. The van der Waals surface area contributed by atoms with Gasteiger partial charge in [0.2, 0.25) is 6.41 Å². The lowest BCUT2D eigenvalue weighted by Crippen LogP contribution is -2.20. The topological polar surface area (TPSA) is 41.1 Å². The van der Waals surface area contributed by atoms with Gasteiger partial charge in [0.1, 0.15) is 0 Å². The predicted molar refractivity (Wildman–Crippen MR) is 71.2 cm³/mol. The van der Waals surface area contributed by atoms with Gasteiger partial charge in [0.05, 0.1) is 0 Å². The van der Waals surface area contributed by atoms with Gasteiger partial charge in [-0.05, 0) is 23.9 Å². The Labute approximate surface area is 101 Å². The monoisotopic (exact) mass is 228 g/mol. The fourth-order valence-electron chi connectivity index (χ4n) is 1.95. The molecule has 2 aromatic carbocycles. The van der Waals surface area contributed by atoms with Crippen LogP contribution < -0.4 is 10.6 Å². The number of nitrogens with one attached hydrogen (secondary N) is 2. The number of rotatable bonds is 5. The molecule has 0 aliphatic heterocycles. The van der Waals surface area contributed by atoms with Crippen LogP contribution in [0.2, 0.25) is 0 Å². The Balaban J connectivity index is 2.22. The van der Waals surface area contributed by atoms with E-state index in [1.807, 2.05) is 6.07 Å². The Hall–Kier alpha value is -2.03. The SMILES string of the molecule is Cc1cccc2c(NCCNC=O)cccc12. The van der Waals surface area contributed by atoms with Gasteiger partial charge in [0.15, 0.2) is 0 Å². The van der Waals surface area contributed by atoms with Crippen molar-refractivity contribution >= 4 is 22.9 Å². The normalized spacial score (nSPS) is 10.2. The van der Waals surface area contributed by atoms with Crippen molar-refractivity contribution in [2.45, 2.75) is 6.92 Å². The summed E-state index contributed by atoms with van der Waals surface area (Å²) in [5.74, 6) is 0. The van der Waals surface area contributed by atoms with Crippen molar-refractivity contribution < 1.29 is 4.79 Å². The second kappa shape index (κ2) is 5.34. The number of carbonyl (C=O) groups is 1. The van der Waals surface area contributed by atoms with Crippen LogP contribution in [0.3, 0.4) is 0 Å². The average molecular weight is 228 g/mol. The Morgan fingerprint density at radius 3 is 2.65 bits per heavy atom. The number of hydrogen-bond acceptors (Lipinski definition) is 2. The van der Waals surface area contributed by atoms with Crippen LogP contribution in [0.5, 0.6) is 0 Å². The zero-order valence-electron chi connectivity index (χ0n) is 9.86. The van der Waals surface area contributed by atoms with E-state index in [9.17, 15) is 4.79 Å². The number of amides is 1. The molecule has 0 aromatic heterocycles. The molecule has 0 saturated heterocycles. The molecule has 2 aromatic rings. The summed E-state index contributed by atoms with van der Waals surface area (Å²) in [6.07, 6.45) is 0.717. The standard InChI is InChI=1S/C14H16N2O/c1-11-4-2-6-13-12(11)5-3-7-14(13)16-9-8-15-10-17/h2-7,10,16H,8-9H2,1H3,(H,15,17). The van der Waals surface area contributed by atoms with E-state index in [1.54, 1.807) is 0 Å². The van der Waals surface area contributed by atoms with E-state index in [1.165, 1.54) is 16.3 Å². The summed E-state index contributed by atoms with van der Waals surface area (Å²) in [6, 6.07) is 12.5. The van der Waals surface area contributed by atoms with E-state index in [4.69, 9.17) is 0 Å². The predicted octanol–water partition coefficient (Wildman–Crippen LogP) is 2.31. The van der Waals surface area contributed by atoms with Crippen molar-refractivity contribution in [3.05, 3.63) is 42.0 Å². The third-order valence-corrected chi connectivity index (χ3v) is 2.81. The Bertz CT molecular complexity index is 523. The van der Waals surface area contributed by atoms with E-state index in [0.717, 1.165) is 18.6 Å². The van der Waals surface area contributed by atoms with Crippen molar-refractivity contribution in [3.63, 3.8) is 0 Å². The third-order valence-electron chi connectivity index (χ3n) is 2.81. The molecule has 0 unspecified atom stereocenters. The van der Waals surface area contributed by atoms with Gasteiger partial charge in [-0.25, -0.2) is 0 Å². The average Bonchev–Trinajstić information content (AvgIpc) is 2.36. The van der Waals surface area contributed by atoms with Gasteiger partial charge < -0.3 is 10.6 Å². The Morgan fingerprint density at radius 2 is 1.82 bits per heavy atom. The highest BCUT2D eigenvalue weighted by Crippen LogP contribution is 2.25. The lowest BCUT2D eigenvalue weighted by molar-refractivity contribution is -0.109. The van der Waals surface area contributed by atoms with E-state index in [2.05, 4.69) is 47.9 Å². The molecule has 3 nitrogen and oxygen atoms in total. The molecule has 0 fully saturated rings. The molecule has 2 rings (SSSR count). The van der Waals surface area contributed by atoms with Gasteiger partial charge in [-0.2, -0.15) is 0 Å². The number of aryl methyl sites for hydroxylation is 1. The second-order valence-electron chi connectivity index (χ2n) is 3.97. The van der Waals surface area contributed by atoms with E-state index >= 15 is 0 Å². The summed E-state index contributed by atoms with van der Waals surface area (Å²) in [4.78, 5) is 10.1. The van der Waals surface area contributed by atoms with Crippen molar-refractivity contribution in [2.24, 2.45) is 0 Å². The van der Waals surface area contributed by atoms with Crippen molar-refractivity contribution in [3.8, 4) is 0 Å². The maximum Gasteiger partial charge on any atom is 0.207 e. The molecule has 88 valence electrons. The van der Waals surface area contributed by atoms with Gasteiger partial charge in [0.25, 0.3) is 0 Å². The van der Waals surface area contributed by atoms with Crippen LogP contribution in [0.1, 0.15) is 5.56 Å². The first-order valence-corrected chi connectivity index (χ1v) is 5.72. The maximum atomic E-state index is 10.1. The Morgan fingerprint density at radius 1 is 1.06 bits per heavy atom. The number of fused-ring (bicyclic) bond motifs is 1. The van der Waals surface area contributed by atoms with Crippen molar-refractivity contribution in [1.29, 1.82) is 0 Å². The fraction of sp³-hybridized carbons (Fsp3) is 0.214. The quantitative estimate of drug-likeness (QED) is 0.609. The molecule has 1 amide bonds. The molecular weight excluding hydrogens is 212 g/mol. The zero-order chi connectivity index (χ0) is 12.1. The molecule has 3 heteroatoms. The molecule has 0 aliphatic carbocycles. The van der Waals surface area contributed by atoms with Gasteiger partial charge in [-0.1, -0.05) is 30.3 Å². The third kappa shape index (κ3) is 2.56. The maximum absolute atomic E-state index is 10.1. The first-order valence-electron chi connectivity index (χ1n) is 5.72. The van der Waals surface area contributed by atoms with E-state index in [-0.39, 0.29) is 0 Å². The number of carbonyl (C=O) groups excluding carboxylic acids is 1. The first-order chi connectivity index (χ1) is 8.33. The lowest BCUT2D eigenvalue weighted by atomic mass is 10.0. The molecule has 0 spiro atoms. The van der Waals surface area contributed by atoms with Gasteiger partial charge in [0, 0.05) is 24.2 Å². The fourth-order valence-corrected chi connectivity index (χ4v) is 1.95. The smallest absolute Gasteiger partial charge is 0.207 e. The van der Waals surface area contributed by atoms with E-state index in [0.29, 0.717) is 6.54 Å². The number of hydrogen-bond donors (Lipinski definition) is 2. The molecule has 17 heavy (non-hydrogen) atoms. The summed E-state index contributed by atoms with van der Waals surface area (Å²) in [5, 5.41) is 8.45. The van der Waals surface area contributed by atoms with Gasteiger partial charge in [-0.3, -0.25) is 4.79 Å². The summed E-state index contributed by atoms with van der Waals surface area (Å²) in [6.45, 7) is 3.47. The van der Waals surface area contributed by atoms with Crippen molar-refractivity contribution in [2.75, 3.05) is 18.4 Å². The number of benzene rings is 2. The molecule has 0 radical (unpaired) electrons. The summed E-state index contributed by atoms with van der Waals surface area (Å²) in [5.41, 5.74) is 2.39. The highest BCUT2D eigenvalue weighted by atomic mass is 16.1. The van der Waals surface area contributed by atoms with Crippen LogP contribution >= 0.6 is 0 Å². The molecular formula is C14H16N2O. The van der Waals surface area contributed by atoms with Crippen LogP contribution in [0.25, 0.3) is 10.8 Å². The van der Waals surface area contributed by atoms with Gasteiger partial charge in [-0.15, -0.1) is 0 Å². The van der Waals surface area contributed by atoms with Crippen LogP contribution in [0, 0.1) is 6.92 Å². The molecule has 0 aliphatic rings. The summed E-state index contributed by atoms with van der Waals surface area (Å²) >= 11 is 0. The van der Waals surface area contributed by atoms with Crippen LogP contribution in [-0.4, -0.2) is 19.5 Å². The molecule has 0 heterocycles. The minimum Gasteiger partial charge on any atom is -0.383 e. The first kappa shape index (κ1) is 11.5. The highest BCUT2D eigenvalue weighted by Gasteiger charge is 2.01. The van der Waals surface area contributed by atoms with E-state index < -0.39 is 0 Å². The van der Waals surface area contributed by atoms with Crippen LogP contribution in [-0.2, 0) is 4.79 Å². The molecule has 0 saturated carbocycles.